The summed E-state index contributed by atoms with van der Waals surface area (Å²) in [6.07, 6.45) is 2.27. The van der Waals surface area contributed by atoms with Crippen LogP contribution >= 0.6 is 34.0 Å². The highest BCUT2D eigenvalue weighted by Gasteiger charge is 2.31. The zero-order valence-corrected chi connectivity index (χ0v) is 66.3. The minimum absolute atomic E-state index is 0.000897. The smallest absolute Gasteiger partial charge is 0.265 e. The van der Waals surface area contributed by atoms with E-state index in [0.29, 0.717) is 69.5 Å². The van der Waals surface area contributed by atoms with E-state index in [2.05, 4.69) is 157 Å². The van der Waals surface area contributed by atoms with E-state index in [0.717, 1.165) is 90.1 Å². The van der Waals surface area contributed by atoms with Gasteiger partial charge < -0.3 is 34.3 Å². The Balaban J connectivity index is 0.000000196. The number of nitrogens with one attached hydrogen (secondary N) is 2. The SMILES string of the molecule is CCC(C)(C)c1ccc(OCCCNC(=O)c2ccc(OC(C#N)c3nc4ccccc4s3)cc2)c(C(C)(C)CC)c1.CCC(Oc1ccc(C(C)(C)CC)cc1C(C)(C)CC)C(=O)Nc1cc(C)c(OC(C#N)c2nc3ccccc3s2)c(C)c1.Cc1ccc(OC(C#N)c2nc3ccccc3s2)cc1. The second-order valence-electron chi connectivity index (χ2n) is 29.1. The number of carbonyl (C=O) groups is 2. The number of carbonyl (C=O) groups excluding carboxylic acids is 2. The lowest BCUT2D eigenvalue weighted by Crippen LogP contribution is -2.33. The first-order valence-electron chi connectivity index (χ1n) is 36.4. The first-order chi connectivity index (χ1) is 50.7. The van der Waals surface area contributed by atoms with Crippen molar-refractivity contribution in [2.24, 2.45) is 0 Å². The molecule has 0 saturated heterocycles. The van der Waals surface area contributed by atoms with Crippen LogP contribution in [0.3, 0.4) is 0 Å². The number of anilines is 1. The van der Waals surface area contributed by atoms with Crippen molar-refractivity contribution in [3.63, 3.8) is 0 Å². The summed E-state index contributed by atoms with van der Waals surface area (Å²) < 4.78 is 33.6. The number of rotatable bonds is 28. The zero-order chi connectivity index (χ0) is 76.5. The highest BCUT2D eigenvalue weighted by Crippen LogP contribution is 2.42. The fraction of sp³-hybridized carbons (Fsp3) is 0.364. The summed E-state index contributed by atoms with van der Waals surface area (Å²) in [5.41, 5.74) is 11.6. The summed E-state index contributed by atoms with van der Waals surface area (Å²) in [6, 6.07) is 61.2. The van der Waals surface area contributed by atoms with Gasteiger partial charge in [0.05, 0.1) is 37.3 Å². The molecule has 0 radical (unpaired) electrons. The zero-order valence-electron chi connectivity index (χ0n) is 63.9. The number of nitriles is 3. The monoisotopic (exact) mass is 1470 g/mol. The van der Waals surface area contributed by atoms with E-state index in [1.54, 1.807) is 24.3 Å². The van der Waals surface area contributed by atoms with Crippen molar-refractivity contribution < 1.29 is 33.3 Å². The molecule has 4 atom stereocenters. The number of nitrogens with zero attached hydrogens (tertiary/aromatic N) is 6. The van der Waals surface area contributed by atoms with Crippen molar-refractivity contribution in [3.05, 3.63) is 229 Å². The van der Waals surface area contributed by atoms with Gasteiger partial charge in [0.2, 0.25) is 18.3 Å². The van der Waals surface area contributed by atoms with Gasteiger partial charge in [0.25, 0.3) is 11.8 Å². The van der Waals surface area contributed by atoms with Crippen LogP contribution in [-0.2, 0) is 26.5 Å². The van der Waals surface area contributed by atoms with Crippen LogP contribution in [0.4, 0.5) is 5.69 Å². The molecule has 4 unspecified atom stereocenters. The van der Waals surface area contributed by atoms with Crippen LogP contribution in [-0.4, -0.2) is 46.0 Å². The van der Waals surface area contributed by atoms with Crippen LogP contribution in [0.25, 0.3) is 30.6 Å². The Morgan fingerprint density at radius 3 is 1.30 bits per heavy atom. The molecule has 11 aromatic rings. The molecule has 8 aromatic carbocycles. The normalized spacial score (nSPS) is 12.7. The molecule has 0 bridgehead atoms. The minimum Gasteiger partial charge on any atom is -0.493 e. The molecule has 106 heavy (non-hydrogen) atoms. The Kier molecular flexibility index (Phi) is 27.0. The fourth-order valence-electron chi connectivity index (χ4n) is 11.5. The standard InChI is InChI=1S/C37H45N3O3S.C35H41N3O3S.C16H12N2OS/c1-10-29(42-30-18-17-25(36(6,7)11-2)21-27(30)37(8,9)12-3)34(41)39-26-19-23(4)33(24(5)20-26)43-31(22-38)35-40-28-15-13-14-16-32(28)44-35;1-7-34(3,4)25-16-19-29(27(22-25)35(5,6)8-2)40-21-11-20-37-32(39)24-14-17-26(18-15-24)41-30(23-36)33-38-28-12-9-10-13-31(28)42-33;1-11-6-8-12(9-7-11)19-14(10-17)16-18-13-4-2-3-5-15(13)20-16/h13-21,29,31H,10-12H2,1-9H3,(H,39,41);9-10,12-19,22,30H,7-8,11,20-21H2,1-6H3,(H,37,39);2-9,14H,1H3. The number of aromatic nitrogens is 3. The van der Waals surface area contributed by atoms with Crippen molar-refractivity contribution in [1.29, 1.82) is 15.8 Å². The van der Waals surface area contributed by atoms with Gasteiger partial charge in [-0.1, -0.05) is 168 Å². The van der Waals surface area contributed by atoms with Gasteiger partial charge in [-0.25, -0.2) is 15.0 Å². The molecule has 550 valence electrons. The molecule has 0 aliphatic rings. The van der Waals surface area contributed by atoms with Gasteiger partial charge in [-0.2, -0.15) is 15.8 Å². The second kappa shape index (κ2) is 35.8. The third-order valence-corrected chi connectivity index (χ3v) is 23.1. The Morgan fingerprint density at radius 1 is 0.481 bits per heavy atom. The van der Waals surface area contributed by atoms with Crippen LogP contribution in [0.5, 0.6) is 28.7 Å². The lowest BCUT2D eigenvalue weighted by Gasteiger charge is -2.31. The summed E-state index contributed by atoms with van der Waals surface area (Å²) in [6.45, 7) is 35.7. The fourth-order valence-corrected chi connectivity index (χ4v) is 14.4. The molecule has 3 aromatic heterocycles. The Hall–Kier alpha value is -10.2. The average molecular weight is 1480 g/mol. The van der Waals surface area contributed by atoms with Crippen LogP contribution in [0.1, 0.15) is 211 Å². The number of ether oxygens (including phenoxy) is 5. The minimum atomic E-state index is -0.834. The maximum absolute atomic E-state index is 13.5. The van der Waals surface area contributed by atoms with E-state index in [1.165, 1.54) is 50.7 Å². The number of hydrogen-bond acceptors (Lipinski definition) is 16. The lowest BCUT2D eigenvalue weighted by molar-refractivity contribution is -0.122. The van der Waals surface area contributed by atoms with Crippen molar-refractivity contribution in [2.75, 3.05) is 18.5 Å². The Labute approximate surface area is 637 Å². The van der Waals surface area contributed by atoms with E-state index in [9.17, 15) is 25.4 Å². The molecule has 3 heterocycles. The van der Waals surface area contributed by atoms with Gasteiger partial charge in [-0.3, -0.25) is 9.59 Å². The highest BCUT2D eigenvalue weighted by molar-refractivity contribution is 7.19. The van der Waals surface area contributed by atoms with Gasteiger partial charge in [0, 0.05) is 28.9 Å². The Morgan fingerprint density at radius 2 is 0.887 bits per heavy atom. The quantitative estimate of drug-likeness (QED) is 0.0437. The number of amides is 2. The third kappa shape index (κ3) is 20.1. The molecule has 2 amide bonds. The first-order valence-corrected chi connectivity index (χ1v) is 38.8. The molecule has 0 spiro atoms. The summed E-state index contributed by atoms with van der Waals surface area (Å²) in [5.74, 6) is 3.10. The van der Waals surface area contributed by atoms with Gasteiger partial charge in [0.15, 0.2) is 6.10 Å². The summed E-state index contributed by atoms with van der Waals surface area (Å²) >= 11 is 4.39. The van der Waals surface area contributed by atoms with E-state index < -0.39 is 24.4 Å². The summed E-state index contributed by atoms with van der Waals surface area (Å²) in [4.78, 5) is 39.9. The highest BCUT2D eigenvalue weighted by atomic mass is 32.1. The maximum Gasteiger partial charge on any atom is 0.265 e. The average Bonchev–Trinajstić information content (AvgIpc) is 1.17. The van der Waals surface area contributed by atoms with Crippen molar-refractivity contribution in [3.8, 4) is 47.0 Å². The molecule has 0 saturated carbocycles. The number of hydrogen-bond donors (Lipinski definition) is 2. The third-order valence-electron chi connectivity index (χ3n) is 19.9. The molecule has 15 nitrogen and oxygen atoms in total. The molecule has 18 heteroatoms. The number of fused-ring (bicyclic) bond motifs is 3. The van der Waals surface area contributed by atoms with Crippen LogP contribution < -0.4 is 34.3 Å². The van der Waals surface area contributed by atoms with Crippen LogP contribution in [0.2, 0.25) is 0 Å². The summed E-state index contributed by atoms with van der Waals surface area (Å²) in [7, 11) is 0. The van der Waals surface area contributed by atoms with Gasteiger partial charge in [-0.05, 0) is 200 Å². The molecule has 0 fully saturated rings. The molecule has 0 aliphatic heterocycles. The number of thiazole rings is 3. The van der Waals surface area contributed by atoms with Gasteiger partial charge in [0.1, 0.15) is 62.0 Å². The number of aryl methyl sites for hydroxylation is 3. The predicted octanol–water partition coefficient (Wildman–Crippen LogP) is 22.5. The van der Waals surface area contributed by atoms with E-state index >= 15 is 0 Å². The van der Waals surface area contributed by atoms with E-state index in [-0.39, 0.29) is 33.5 Å². The molecule has 11 rings (SSSR count). The number of benzene rings is 8. The van der Waals surface area contributed by atoms with Crippen LogP contribution in [0, 0.1) is 54.8 Å². The Bertz CT molecular complexity index is 4830. The van der Waals surface area contributed by atoms with Crippen molar-refractivity contribution in [2.45, 2.75) is 195 Å². The topological polar surface area (TPSA) is 214 Å². The number of para-hydroxylation sites is 3. The molecular formula is C88H98N8O7S3. The van der Waals surface area contributed by atoms with Crippen LogP contribution in [0.15, 0.2) is 170 Å². The lowest BCUT2D eigenvalue weighted by atomic mass is 9.76. The van der Waals surface area contributed by atoms with E-state index in [4.69, 9.17) is 23.7 Å². The molecule has 0 aliphatic carbocycles. The van der Waals surface area contributed by atoms with Crippen molar-refractivity contribution in [1.82, 2.24) is 20.3 Å². The predicted molar refractivity (Wildman–Crippen MR) is 431 cm³/mol. The van der Waals surface area contributed by atoms with E-state index in [1.807, 2.05) is 143 Å². The molecule has 2 N–H and O–H groups in total. The van der Waals surface area contributed by atoms with Gasteiger partial charge >= 0.3 is 0 Å². The second-order valence-corrected chi connectivity index (χ2v) is 32.2. The molecular weight excluding hydrogens is 1380 g/mol. The maximum atomic E-state index is 13.5. The van der Waals surface area contributed by atoms with Crippen molar-refractivity contribution >= 4 is 82.2 Å². The summed E-state index contributed by atoms with van der Waals surface area (Å²) in [5, 5.41) is 36.8. The largest absolute Gasteiger partial charge is 0.493 e. The van der Waals surface area contributed by atoms with Gasteiger partial charge in [-0.15, -0.1) is 34.0 Å². The first kappa shape index (κ1) is 79.9.